The predicted molar refractivity (Wildman–Crippen MR) is 69.2 cm³/mol. The number of hydrogen-bond donors (Lipinski definition) is 2. The first kappa shape index (κ1) is 14.5. The summed E-state index contributed by atoms with van der Waals surface area (Å²) in [6.45, 7) is 5.29. The van der Waals surface area contributed by atoms with Gasteiger partial charge < -0.3 is 15.2 Å². The van der Waals surface area contributed by atoms with E-state index in [1.807, 2.05) is 0 Å². The molecule has 1 aromatic heterocycles. The zero-order valence-electron chi connectivity index (χ0n) is 10.8. The van der Waals surface area contributed by atoms with Gasteiger partial charge in [-0.1, -0.05) is 20.8 Å². The van der Waals surface area contributed by atoms with Crippen LogP contribution >= 0.6 is 11.3 Å². The Kier molecular flexibility index (Phi) is 4.34. The van der Waals surface area contributed by atoms with Crippen LogP contribution in [0.15, 0.2) is 11.4 Å². The van der Waals surface area contributed by atoms with Crippen LogP contribution in [-0.2, 0) is 4.79 Å². The molecule has 6 heteroatoms. The van der Waals surface area contributed by atoms with E-state index in [0.717, 1.165) is 0 Å². The highest BCUT2D eigenvalue weighted by Gasteiger charge is 2.33. The molecule has 1 amide bonds. The SMILES string of the molecule is COc1csc(C(=O)N[C@H](C(=O)O)C(C)(C)C)c1. The molecule has 5 nitrogen and oxygen atoms in total. The third kappa shape index (κ3) is 3.46. The number of carboxylic acids is 1. The molecular formula is C12H17NO4S. The Morgan fingerprint density at radius 2 is 2.06 bits per heavy atom. The monoisotopic (exact) mass is 271 g/mol. The summed E-state index contributed by atoms with van der Waals surface area (Å²) in [6.07, 6.45) is 0. The Balaban J connectivity index is 2.82. The number of aliphatic carboxylic acids is 1. The Labute approximate surface area is 110 Å². The predicted octanol–water partition coefficient (Wildman–Crippen LogP) is 1.99. The van der Waals surface area contributed by atoms with Crippen molar-refractivity contribution in [2.45, 2.75) is 26.8 Å². The third-order valence-corrected chi connectivity index (χ3v) is 3.33. The van der Waals surface area contributed by atoms with E-state index in [2.05, 4.69) is 5.32 Å². The van der Waals surface area contributed by atoms with Crippen molar-refractivity contribution >= 4 is 23.2 Å². The minimum atomic E-state index is -1.04. The molecule has 0 fully saturated rings. The van der Waals surface area contributed by atoms with Gasteiger partial charge in [-0.2, -0.15) is 0 Å². The van der Waals surface area contributed by atoms with Crippen molar-refractivity contribution in [2.75, 3.05) is 7.11 Å². The standard InChI is InChI=1S/C12H17NO4S/c1-12(2,3)9(11(15)16)13-10(14)8-5-7(17-4)6-18-8/h5-6,9H,1-4H3,(H,13,14)(H,15,16)/t9-/m1/s1. The molecular weight excluding hydrogens is 254 g/mol. The average molecular weight is 271 g/mol. The number of amides is 1. The molecule has 0 aromatic carbocycles. The maximum Gasteiger partial charge on any atom is 0.326 e. The number of thiophene rings is 1. The first-order chi connectivity index (χ1) is 8.25. The first-order valence-corrected chi connectivity index (χ1v) is 6.30. The van der Waals surface area contributed by atoms with Crippen LogP contribution in [0.25, 0.3) is 0 Å². The van der Waals surface area contributed by atoms with Crippen molar-refractivity contribution in [1.82, 2.24) is 5.32 Å². The lowest BCUT2D eigenvalue weighted by Crippen LogP contribution is -2.48. The van der Waals surface area contributed by atoms with E-state index in [0.29, 0.717) is 10.6 Å². The Bertz CT molecular complexity index is 447. The molecule has 0 spiro atoms. The van der Waals surface area contributed by atoms with Crippen LogP contribution in [-0.4, -0.2) is 30.1 Å². The van der Waals surface area contributed by atoms with E-state index in [1.54, 1.807) is 32.2 Å². The summed E-state index contributed by atoms with van der Waals surface area (Å²) in [6, 6.07) is 0.653. The fraction of sp³-hybridized carbons (Fsp3) is 0.500. The van der Waals surface area contributed by atoms with Crippen LogP contribution in [0, 0.1) is 5.41 Å². The van der Waals surface area contributed by atoms with Gasteiger partial charge in [-0.3, -0.25) is 4.79 Å². The van der Waals surface area contributed by atoms with Gasteiger partial charge in [-0.15, -0.1) is 11.3 Å². The summed E-state index contributed by atoms with van der Waals surface area (Å²) >= 11 is 1.22. The van der Waals surface area contributed by atoms with Crippen molar-refractivity contribution in [3.63, 3.8) is 0 Å². The van der Waals surface area contributed by atoms with Crippen molar-refractivity contribution in [2.24, 2.45) is 5.41 Å². The maximum atomic E-state index is 11.9. The molecule has 1 atom stereocenters. The van der Waals surface area contributed by atoms with Gasteiger partial charge in [0.25, 0.3) is 5.91 Å². The minimum absolute atomic E-state index is 0.398. The van der Waals surface area contributed by atoms with E-state index in [4.69, 9.17) is 9.84 Å². The van der Waals surface area contributed by atoms with E-state index in [1.165, 1.54) is 18.4 Å². The normalized spacial score (nSPS) is 12.9. The van der Waals surface area contributed by atoms with Gasteiger partial charge in [0.05, 0.1) is 12.0 Å². The van der Waals surface area contributed by atoms with Crippen LogP contribution in [0.3, 0.4) is 0 Å². The zero-order valence-corrected chi connectivity index (χ0v) is 11.6. The first-order valence-electron chi connectivity index (χ1n) is 5.42. The topological polar surface area (TPSA) is 75.6 Å². The lowest BCUT2D eigenvalue weighted by atomic mass is 9.87. The molecule has 2 N–H and O–H groups in total. The van der Waals surface area contributed by atoms with Crippen LogP contribution < -0.4 is 10.1 Å². The molecule has 1 aromatic rings. The molecule has 1 rings (SSSR count). The van der Waals surface area contributed by atoms with Gasteiger partial charge in [0.1, 0.15) is 11.8 Å². The number of carboxylic acid groups (broad SMARTS) is 1. The third-order valence-electron chi connectivity index (χ3n) is 2.42. The number of carbonyl (C=O) groups excluding carboxylic acids is 1. The van der Waals surface area contributed by atoms with Crippen molar-refractivity contribution < 1.29 is 19.4 Å². The fourth-order valence-electron chi connectivity index (χ4n) is 1.40. The van der Waals surface area contributed by atoms with Gasteiger partial charge >= 0.3 is 5.97 Å². The lowest BCUT2D eigenvalue weighted by Gasteiger charge is -2.27. The molecule has 0 saturated carbocycles. The Morgan fingerprint density at radius 3 is 2.44 bits per heavy atom. The van der Waals surface area contributed by atoms with Crippen molar-refractivity contribution in [3.8, 4) is 5.75 Å². The summed E-state index contributed by atoms with van der Waals surface area (Å²) in [5.74, 6) is -0.849. The van der Waals surface area contributed by atoms with E-state index < -0.39 is 23.3 Å². The molecule has 1 heterocycles. The Hall–Kier alpha value is -1.56. The number of ether oxygens (including phenoxy) is 1. The molecule has 0 aliphatic rings. The molecule has 0 bridgehead atoms. The second-order valence-electron chi connectivity index (χ2n) is 4.96. The number of rotatable bonds is 4. The lowest BCUT2D eigenvalue weighted by molar-refractivity contribution is -0.142. The molecule has 0 radical (unpaired) electrons. The van der Waals surface area contributed by atoms with Crippen molar-refractivity contribution in [1.29, 1.82) is 0 Å². The minimum Gasteiger partial charge on any atom is -0.496 e. The molecule has 0 aliphatic carbocycles. The summed E-state index contributed by atoms with van der Waals surface area (Å²) in [5, 5.41) is 13.3. The van der Waals surface area contributed by atoms with Crippen LogP contribution in [0.2, 0.25) is 0 Å². The number of nitrogens with one attached hydrogen (secondary N) is 1. The van der Waals surface area contributed by atoms with Crippen LogP contribution in [0.1, 0.15) is 30.4 Å². The van der Waals surface area contributed by atoms with Gasteiger partial charge in [0.2, 0.25) is 0 Å². The van der Waals surface area contributed by atoms with Gasteiger partial charge in [-0.25, -0.2) is 4.79 Å². The van der Waals surface area contributed by atoms with E-state index in [-0.39, 0.29) is 0 Å². The highest BCUT2D eigenvalue weighted by Crippen LogP contribution is 2.23. The maximum absolute atomic E-state index is 11.9. The van der Waals surface area contributed by atoms with Crippen LogP contribution in [0.4, 0.5) is 0 Å². The highest BCUT2D eigenvalue weighted by molar-refractivity contribution is 7.12. The fourth-order valence-corrected chi connectivity index (χ4v) is 2.15. The Morgan fingerprint density at radius 1 is 1.44 bits per heavy atom. The number of methoxy groups -OCH3 is 1. The van der Waals surface area contributed by atoms with Crippen LogP contribution in [0.5, 0.6) is 5.75 Å². The molecule has 0 unspecified atom stereocenters. The number of hydrogen-bond acceptors (Lipinski definition) is 4. The largest absolute Gasteiger partial charge is 0.496 e. The molecule has 0 saturated heterocycles. The highest BCUT2D eigenvalue weighted by atomic mass is 32.1. The molecule has 18 heavy (non-hydrogen) atoms. The zero-order chi connectivity index (χ0) is 13.9. The summed E-state index contributed by atoms with van der Waals surface area (Å²) in [4.78, 5) is 23.5. The number of carbonyl (C=O) groups is 2. The van der Waals surface area contributed by atoms with Gasteiger partial charge in [0.15, 0.2) is 0 Å². The smallest absolute Gasteiger partial charge is 0.326 e. The summed E-state index contributed by atoms with van der Waals surface area (Å²) in [7, 11) is 1.51. The summed E-state index contributed by atoms with van der Waals surface area (Å²) in [5.41, 5.74) is -0.553. The second-order valence-corrected chi connectivity index (χ2v) is 5.87. The average Bonchev–Trinajstić information content (AvgIpc) is 2.71. The molecule has 100 valence electrons. The van der Waals surface area contributed by atoms with Gasteiger partial charge in [-0.05, 0) is 5.41 Å². The summed E-state index contributed by atoms with van der Waals surface area (Å²) < 4.78 is 4.98. The van der Waals surface area contributed by atoms with E-state index in [9.17, 15) is 9.59 Å². The van der Waals surface area contributed by atoms with E-state index >= 15 is 0 Å². The van der Waals surface area contributed by atoms with Gasteiger partial charge in [0, 0.05) is 11.4 Å². The van der Waals surface area contributed by atoms with Crippen molar-refractivity contribution in [3.05, 3.63) is 16.3 Å². The second kappa shape index (κ2) is 5.39. The quantitative estimate of drug-likeness (QED) is 0.878. The molecule has 0 aliphatic heterocycles.